The molecule has 2 aliphatic rings. The van der Waals surface area contributed by atoms with Crippen LogP contribution < -0.4 is 5.32 Å². The van der Waals surface area contributed by atoms with E-state index in [1.165, 1.54) is 64.7 Å². The fraction of sp³-hybridized carbons (Fsp3) is 1.00. The molecule has 0 amide bonds. The zero-order valence-corrected chi connectivity index (χ0v) is 13.4. The first-order valence-electron chi connectivity index (χ1n) is 8.56. The van der Waals surface area contributed by atoms with Gasteiger partial charge >= 0.3 is 0 Å². The molecule has 2 rings (SSSR count). The third-order valence-corrected chi connectivity index (χ3v) is 5.12. The van der Waals surface area contributed by atoms with E-state index >= 15 is 0 Å². The van der Waals surface area contributed by atoms with Gasteiger partial charge in [-0.1, -0.05) is 33.6 Å². The Morgan fingerprint density at radius 3 is 2.63 bits per heavy atom. The van der Waals surface area contributed by atoms with Crippen molar-refractivity contribution in [2.24, 2.45) is 17.3 Å². The van der Waals surface area contributed by atoms with Crippen LogP contribution in [0.2, 0.25) is 0 Å². The second-order valence-corrected chi connectivity index (χ2v) is 7.50. The summed E-state index contributed by atoms with van der Waals surface area (Å²) in [5, 5.41) is 3.52. The van der Waals surface area contributed by atoms with Gasteiger partial charge in [-0.25, -0.2) is 0 Å². The van der Waals surface area contributed by atoms with Crippen LogP contribution >= 0.6 is 0 Å². The number of rotatable bonds is 7. The van der Waals surface area contributed by atoms with E-state index < -0.39 is 0 Å². The number of nitrogens with one attached hydrogen (secondary N) is 1. The largest absolute Gasteiger partial charge is 0.317 e. The summed E-state index contributed by atoms with van der Waals surface area (Å²) in [7, 11) is 0. The SMILES string of the molecule is CCNCC1CCN(CC2(CC(C)C)CCCC2)C1. The minimum absolute atomic E-state index is 0.668. The van der Waals surface area contributed by atoms with Gasteiger partial charge < -0.3 is 10.2 Å². The van der Waals surface area contributed by atoms with Crippen LogP contribution in [0.1, 0.15) is 59.3 Å². The first-order valence-corrected chi connectivity index (χ1v) is 8.56. The molecule has 1 N–H and O–H groups in total. The molecule has 2 nitrogen and oxygen atoms in total. The summed E-state index contributed by atoms with van der Waals surface area (Å²) in [5.41, 5.74) is 0.668. The van der Waals surface area contributed by atoms with E-state index in [0.29, 0.717) is 5.41 Å². The second-order valence-electron chi connectivity index (χ2n) is 7.50. The molecular formula is C17H34N2. The van der Waals surface area contributed by atoms with E-state index in [2.05, 4.69) is 31.0 Å². The molecule has 19 heavy (non-hydrogen) atoms. The maximum atomic E-state index is 3.52. The van der Waals surface area contributed by atoms with Crippen molar-refractivity contribution in [3.05, 3.63) is 0 Å². The Bertz CT molecular complexity index is 256. The zero-order valence-electron chi connectivity index (χ0n) is 13.4. The summed E-state index contributed by atoms with van der Waals surface area (Å²) in [6.45, 7) is 13.4. The molecule has 0 aromatic heterocycles. The van der Waals surface area contributed by atoms with Gasteiger partial charge in [0.25, 0.3) is 0 Å². The van der Waals surface area contributed by atoms with Gasteiger partial charge in [-0.15, -0.1) is 0 Å². The predicted octanol–water partition coefficient (Wildman–Crippen LogP) is 3.52. The average Bonchev–Trinajstić information content (AvgIpc) is 2.96. The van der Waals surface area contributed by atoms with Crippen LogP contribution in [0, 0.1) is 17.3 Å². The predicted molar refractivity (Wildman–Crippen MR) is 83.4 cm³/mol. The highest BCUT2D eigenvalue weighted by molar-refractivity contribution is 4.90. The average molecular weight is 266 g/mol. The van der Waals surface area contributed by atoms with Gasteiger partial charge in [0.1, 0.15) is 0 Å². The lowest BCUT2D eigenvalue weighted by atomic mass is 9.78. The summed E-state index contributed by atoms with van der Waals surface area (Å²) >= 11 is 0. The van der Waals surface area contributed by atoms with E-state index in [4.69, 9.17) is 0 Å². The van der Waals surface area contributed by atoms with Gasteiger partial charge in [0, 0.05) is 13.1 Å². The molecule has 1 atom stereocenters. The normalized spacial score (nSPS) is 27.5. The third-order valence-electron chi connectivity index (χ3n) is 5.12. The Morgan fingerprint density at radius 1 is 1.26 bits per heavy atom. The topological polar surface area (TPSA) is 15.3 Å². The van der Waals surface area contributed by atoms with Crippen molar-refractivity contribution in [1.29, 1.82) is 0 Å². The highest BCUT2D eigenvalue weighted by Crippen LogP contribution is 2.44. The molecule has 1 aliphatic heterocycles. The number of nitrogens with zero attached hydrogens (tertiary/aromatic N) is 1. The maximum absolute atomic E-state index is 3.52. The molecule has 2 heteroatoms. The fourth-order valence-electron chi connectivity index (χ4n) is 4.46. The number of hydrogen-bond donors (Lipinski definition) is 1. The van der Waals surface area contributed by atoms with Gasteiger partial charge in [-0.3, -0.25) is 0 Å². The van der Waals surface area contributed by atoms with E-state index in [1.807, 2.05) is 0 Å². The summed E-state index contributed by atoms with van der Waals surface area (Å²) in [6.07, 6.45) is 8.77. The van der Waals surface area contributed by atoms with E-state index in [0.717, 1.165) is 18.4 Å². The minimum Gasteiger partial charge on any atom is -0.317 e. The van der Waals surface area contributed by atoms with Crippen molar-refractivity contribution < 1.29 is 0 Å². The third kappa shape index (κ3) is 4.46. The van der Waals surface area contributed by atoms with Crippen LogP contribution in [0.25, 0.3) is 0 Å². The first kappa shape index (κ1) is 15.3. The molecule has 1 saturated carbocycles. The minimum atomic E-state index is 0.668. The smallest absolute Gasteiger partial charge is 0.00382 e. The Morgan fingerprint density at radius 2 is 2.00 bits per heavy atom. The van der Waals surface area contributed by atoms with Crippen LogP contribution in [0.3, 0.4) is 0 Å². The molecule has 0 aromatic carbocycles. The summed E-state index contributed by atoms with van der Waals surface area (Å²) < 4.78 is 0. The molecule has 0 spiro atoms. The van der Waals surface area contributed by atoms with Gasteiger partial charge in [0.05, 0.1) is 0 Å². The Kier molecular flexibility index (Phi) is 5.70. The molecular weight excluding hydrogens is 232 g/mol. The Labute approximate surface area is 120 Å². The van der Waals surface area contributed by atoms with Crippen LogP contribution in [-0.2, 0) is 0 Å². The zero-order chi connectivity index (χ0) is 13.7. The highest BCUT2D eigenvalue weighted by atomic mass is 15.2. The first-order chi connectivity index (χ1) is 9.13. The molecule has 1 heterocycles. The monoisotopic (exact) mass is 266 g/mol. The fourth-order valence-corrected chi connectivity index (χ4v) is 4.46. The molecule has 1 aliphatic carbocycles. The maximum Gasteiger partial charge on any atom is 0.00382 e. The molecule has 0 bridgehead atoms. The van der Waals surface area contributed by atoms with Crippen LogP contribution in [-0.4, -0.2) is 37.6 Å². The molecule has 1 unspecified atom stereocenters. The van der Waals surface area contributed by atoms with Crippen molar-refractivity contribution in [2.45, 2.75) is 59.3 Å². The van der Waals surface area contributed by atoms with Crippen LogP contribution in [0.4, 0.5) is 0 Å². The van der Waals surface area contributed by atoms with Crippen molar-refractivity contribution >= 4 is 0 Å². The van der Waals surface area contributed by atoms with Gasteiger partial charge in [-0.2, -0.15) is 0 Å². The van der Waals surface area contributed by atoms with E-state index in [1.54, 1.807) is 0 Å². The summed E-state index contributed by atoms with van der Waals surface area (Å²) in [4.78, 5) is 2.77. The molecule has 2 fully saturated rings. The quantitative estimate of drug-likeness (QED) is 0.758. The highest BCUT2D eigenvalue weighted by Gasteiger charge is 2.37. The van der Waals surface area contributed by atoms with Gasteiger partial charge in [-0.05, 0) is 62.6 Å². The van der Waals surface area contributed by atoms with E-state index in [9.17, 15) is 0 Å². The molecule has 1 saturated heterocycles. The Hall–Kier alpha value is -0.0800. The van der Waals surface area contributed by atoms with Crippen LogP contribution in [0.5, 0.6) is 0 Å². The second kappa shape index (κ2) is 7.08. The van der Waals surface area contributed by atoms with Crippen molar-refractivity contribution in [2.75, 3.05) is 32.7 Å². The molecule has 112 valence electrons. The lowest BCUT2D eigenvalue weighted by Crippen LogP contribution is -2.36. The summed E-state index contributed by atoms with van der Waals surface area (Å²) in [5.74, 6) is 1.76. The van der Waals surface area contributed by atoms with E-state index in [-0.39, 0.29) is 0 Å². The van der Waals surface area contributed by atoms with Crippen LogP contribution in [0.15, 0.2) is 0 Å². The van der Waals surface area contributed by atoms with Crippen molar-refractivity contribution in [3.8, 4) is 0 Å². The number of hydrogen-bond acceptors (Lipinski definition) is 2. The van der Waals surface area contributed by atoms with Crippen molar-refractivity contribution in [3.63, 3.8) is 0 Å². The molecule has 0 aromatic rings. The summed E-state index contributed by atoms with van der Waals surface area (Å²) in [6, 6.07) is 0. The standard InChI is InChI=1S/C17H34N2/c1-4-18-12-16-7-10-19(13-16)14-17(11-15(2)3)8-5-6-9-17/h15-16,18H,4-14H2,1-3H3. The Balaban J connectivity index is 1.82. The molecule has 0 radical (unpaired) electrons. The lowest BCUT2D eigenvalue weighted by Gasteiger charge is -2.35. The van der Waals surface area contributed by atoms with Gasteiger partial charge in [0.15, 0.2) is 0 Å². The van der Waals surface area contributed by atoms with Gasteiger partial charge in [0.2, 0.25) is 0 Å². The number of likely N-dealkylation sites (tertiary alicyclic amines) is 1. The lowest BCUT2D eigenvalue weighted by molar-refractivity contribution is 0.144. The van der Waals surface area contributed by atoms with Crippen molar-refractivity contribution in [1.82, 2.24) is 10.2 Å².